The summed E-state index contributed by atoms with van der Waals surface area (Å²) in [4.78, 5) is 16.0. The maximum absolute atomic E-state index is 11.5. The van der Waals surface area contributed by atoms with E-state index in [1.54, 1.807) is 0 Å². The van der Waals surface area contributed by atoms with Gasteiger partial charge in [-0.25, -0.2) is 4.98 Å². The molecule has 2 rings (SSSR count). The van der Waals surface area contributed by atoms with E-state index in [9.17, 15) is 4.91 Å². The van der Waals surface area contributed by atoms with Crippen LogP contribution in [-0.4, -0.2) is 22.8 Å². The van der Waals surface area contributed by atoms with Gasteiger partial charge in [0.25, 0.3) is 5.69 Å². The summed E-state index contributed by atoms with van der Waals surface area (Å²) < 4.78 is 1.71. The van der Waals surface area contributed by atoms with Crippen molar-refractivity contribution in [3.63, 3.8) is 0 Å². The molecule has 1 N–H and O–H groups in total. The zero-order valence-electron chi connectivity index (χ0n) is 13.3. The van der Waals surface area contributed by atoms with Crippen molar-refractivity contribution in [2.45, 2.75) is 52.5 Å². The summed E-state index contributed by atoms with van der Waals surface area (Å²) in [6, 6.07) is 2.33. The van der Waals surface area contributed by atoms with Crippen molar-refractivity contribution in [3.8, 4) is 0 Å². The Labute approximate surface area is 135 Å². The number of aromatic nitrogens is 1. The van der Waals surface area contributed by atoms with Crippen LogP contribution in [0.15, 0.2) is 10.5 Å². The fourth-order valence-electron chi connectivity index (χ4n) is 3.11. The number of nitrogens with one attached hydrogen (secondary N) is 1. The van der Waals surface area contributed by atoms with E-state index in [-0.39, 0.29) is 0 Å². The van der Waals surface area contributed by atoms with E-state index in [4.69, 9.17) is 0 Å². The minimum Gasteiger partial charge on any atom is -0.366 e. The second kappa shape index (κ2) is 6.86. The molecule has 1 aliphatic rings. The zero-order valence-corrected chi connectivity index (χ0v) is 14.9. The Morgan fingerprint density at radius 1 is 1.33 bits per heavy atom. The van der Waals surface area contributed by atoms with Gasteiger partial charge in [0.1, 0.15) is 11.5 Å². The minimum absolute atomic E-state index is 0.485. The van der Waals surface area contributed by atoms with Gasteiger partial charge in [0.2, 0.25) is 0 Å². The summed E-state index contributed by atoms with van der Waals surface area (Å²) in [7, 11) is 1.50. The largest absolute Gasteiger partial charge is 0.366 e. The monoisotopic (exact) mass is 354 g/mol. The molecule has 0 aliphatic heterocycles. The van der Waals surface area contributed by atoms with Crippen LogP contribution in [0.25, 0.3) is 0 Å². The molecule has 1 heterocycles. The number of pyridine rings is 1. The highest BCUT2D eigenvalue weighted by Gasteiger charge is 2.24. The van der Waals surface area contributed by atoms with Gasteiger partial charge in [0.05, 0.1) is 4.47 Å². The van der Waals surface area contributed by atoms with Crippen LogP contribution in [0.2, 0.25) is 0 Å². The van der Waals surface area contributed by atoms with Crippen LogP contribution in [0.1, 0.15) is 45.2 Å². The van der Waals surface area contributed by atoms with E-state index >= 15 is 0 Å². The Balaban J connectivity index is 2.04. The standard InChI is InChI=1S/C16H25BrN3O/c1-10(2)12-5-7-13(8-6-12)19-16-14(17)9-15(20(4)21)11(3)18-16/h9-10,12-13H,5-8H2,1-4H3,(H,18,19)/q+1. The van der Waals surface area contributed by atoms with Crippen LogP contribution in [-0.2, 0) is 0 Å². The molecule has 1 fully saturated rings. The Hall–Kier alpha value is -0.970. The summed E-state index contributed by atoms with van der Waals surface area (Å²) in [6.45, 7) is 6.51. The van der Waals surface area contributed by atoms with Crippen molar-refractivity contribution >= 4 is 27.4 Å². The summed E-state index contributed by atoms with van der Waals surface area (Å²) in [5.74, 6) is 2.49. The highest BCUT2D eigenvalue weighted by atomic mass is 79.9. The van der Waals surface area contributed by atoms with Crippen LogP contribution >= 0.6 is 15.9 Å². The molecule has 5 heteroatoms. The third kappa shape index (κ3) is 4.02. The number of rotatable bonds is 4. The lowest BCUT2D eigenvalue weighted by Crippen LogP contribution is -2.28. The van der Waals surface area contributed by atoms with Crippen molar-refractivity contribution in [3.05, 3.63) is 21.1 Å². The fourth-order valence-corrected chi connectivity index (χ4v) is 3.53. The first-order chi connectivity index (χ1) is 9.88. The maximum atomic E-state index is 11.5. The van der Waals surface area contributed by atoms with Gasteiger partial charge in [-0.2, -0.15) is 0 Å². The van der Waals surface area contributed by atoms with Gasteiger partial charge in [0.15, 0.2) is 7.05 Å². The summed E-state index contributed by atoms with van der Waals surface area (Å²) in [6.07, 6.45) is 4.96. The predicted molar refractivity (Wildman–Crippen MR) is 90.1 cm³/mol. The van der Waals surface area contributed by atoms with Crippen LogP contribution < -0.4 is 5.32 Å². The molecule has 1 aliphatic carbocycles. The van der Waals surface area contributed by atoms with Gasteiger partial charge < -0.3 is 5.32 Å². The minimum atomic E-state index is 0.485. The van der Waals surface area contributed by atoms with Crippen LogP contribution in [0.3, 0.4) is 0 Å². The number of hydrogen-bond acceptors (Lipinski definition) is 3. The number of anilines is 1. The lowest BCUT2D eigenvalue weighted by molar-refractivity contribution is -0.429. The summed E-state index contributed by atoms with van der Waals surface area (Å²) >= 11 is 3.52. The molecule has 1 aromatic rings. The predicted octanol–water partition coefficient (Wildman–Crippen LogP) is 4.82. The molecule has 0 unspecified atom stereocenters. The van der Waals surface area contributed by atoms with Crippen LogP contribution in [0.5, 0.6) is 0 Å². The second-order valence-electron chi connectivity index (χ2n) is 6.42. The van der Waals surface area contributed by atoms with E-state index in [0.29, 0.717) is 11.7 Å². The van der Waals surface area contributed by atoms with E-state index in [1.807, 2.05) is 13.0 Å². The molecule has 0 atom stereocenters. The highest BCUT2D eigenvalue weighted by Crippen LogP contribution is 2.33. The molecule has 0 bridgehead atoms. The van der Waals surface area contributed by atoms with Gasteiger partial charge in [-0.3, -0.25) is 0 Å². The molecule has 21 heavy (non-hydrogen) atoms. The number of aryl methyl sites for hydroxylation is 1. The van der Waals surface area contributed by atoms with Crippen molar-refractivity contribution in [1.29, 1.82) is 0 Å². The van der Waals surface area contributed by atoms with E-state index in [1.165, 1.54) is 32.7 Å². The Bertz CT molecular complexity index is 522. The maximum Gasteiger partial charge on any atom is 0.277 e. The van der Waals surface area contributed by atoms with Crippen molar-refractivity contribution in [1.82, 2.24) is 4.98 Å². The van der Waals surface area contributed by atoms with E-state index in [0.717, 1.165) is 32.6 Å². The average Bonchev–Trinajstić information content (AvgIpc) is 2.42. The first-order valence-electron chi connectivity index (χ1n) is 7.73. The number of hydrogen-bond donors (Lipinski definition) is 1. The van der Waals surface area contributed by atoms with Gasteiger partial charge in [-0.1, -0.05) is 13.8 Å². The van der Waals surface area contributed by atoms with Crippen molar-refractivity contribution < 1.29 is 4.76 Å². The fraction of sp³-hybridized carbons (Fsp3) is 0.688. The van der Waals surface area contributed by atoms with Gasteiger partial charge in [-0.15, -0.1) is 0 Å². The molecule has 0 radical (unpaired) electrons. The number of halogens is 1. The molecule has 0 saturated heterocycles. The molecule has 0 amide bonds. The number of nitrogens with zero attached hydrogens (tertiary/aromatic N) is 2. The normalized spacial score (nSPS) is 22.4. The third-order valence-electron chi connectivity index (χ3n) is 4.53. The van der Waals surface area contributed by atoms with Crippen molar-refractivity contribution in [2.24, 2.45) is 11.8 Å². The Kier molecular flexibility index (Phi) is 5.36. The molecular formula is C16H25BrN3O+. The topological polar surface area (TPSA) is 45.0 Å². The van der Waals surface area contributed by atoms with Crippen LogP contribution in [0.4, 0.5) is 11.5 Å². The van der Waals surface area contributed by atoms with Gasteiger partial charge in [-0.05, 0) is 60.4 Å². The Morgan fingerprint density at radius 3 is 2.48 bits per heavy atom. The molecular weight excluding hydrogens is 330 g/mol. The molecule has 1 saturated carbocycles. The molecule has 1 aromatic heterocycles. The quantitative estimate of drug-likeness (QED) is 0.788. The van der Waals surface area contributed by atoms with Crippen LogP contribution in [0, 0.1) is 23.7 Å². The molecule has 4 nitrogen and oxygen atoms in total. The molecule has 0 aromatic carbocycles. The highest BCUT2D eigenvalue weighted by molar-refractivity contribution is 9.10. The second-order valence-corrected chi connectivity index (χ2v) is 7.28. The third-order valence-corrected chi connectivity index (χ3v) is 5.14. The first-order valence-corrected chi connectivity index (χ1v) is 8.52. The lowest BCUT2D eigenvalue weighted by atomic mass is 9.80. The van der Waals surface area contributed by atoms with Gasteiger partial charge >= 0.3 is 0 Å². The van der Waals surface area contributed by atoms with E-state index in [2.05, 4.69) is 40.1 Å². The molecule has 116 valence electrons. The summed E-state index contributed by atoms with van der Waals surface area (Å²) in [5.41, 5.74) is 1.37. The average molecular weight is 355 g/mol. The van der Waals surface area contributed by atoms with Gasteiger partial charge in [0, 0.05) is 21.8 Å². The summed E-state index contributed by atoms with van der Waals surface area (Å²) in [5, 5.41) is 3.54. The first kappa shape index (κ1) is 16.4. The Morgan fingerprint density at radius 2 is 1.95 bits per heavy atom. The smallest absolute Gasteiger partial charge is 0.277 e. The van der Waals surface area contributed by atoms with Crippen molar-refractivity contribution in [2.75, 3.05) is 12.4 Å². The molecule has 0 spiro atoms. The van der Waals surface area contributed by atoms with E-state index < -0.39 is 0 Å². The SMILES string of the molecule is Cc1nc(NC2CCC(C(C)C)CC2)c(Br)cc1[N+](C)=O. The zero-order chi connectivity index (χ0) is 15.6. The lowest BCUT2D eigenvalue weighted by Gasteiger charge is -2.31. The number of nitroso groups, excluding NO2 is 1.